The molecule has 3 aromatic carbocycles. The SMILES string of the molecule is Cc1[nH]c(-c2ccccc2)c(C(=O)c2ccccc2)c1-c1ccccc1. The number of aromatic amines is 1. The van der Waals surface area contributed by atoms with Crippen LogP contribution in [0.4, 0.5) is 0 Å². The molecule has 0 saturated heterocycles. The van der Waals surface area contributed by atoms with Crippen molar-refractivity contribution < 1.29 is 4.79 Å². The van der Waals surface area contributed by atoms with Crippen molar-refractivity contribution in [3.05, 3.63) is 108 Å². The van der Waals surface area contributed by atoms with E-state index in [-0.39, 0.29) is 5.78 Å². The quantitative estimate of drug-likeness (QED) is 0.463. The molecule has 1 N–H and O–H groups in total. The number of carbonyl (C=O) groups is 1. The highest BCUT2D eigenvalue weighted by molar-refractivity contribution is 6.17. The van der Waals surface area contributed by atoms with Crippen LogP contribution in [0.5, 0.6) is 0 Å². The van der Waals surface area contributed by atoms with Gasteiger partial charge in [-0.1, -0.05) is 91.0 Å². The molecule has 0 spiro atoms. The van der Waals surface area contributed by atoms with Gasteiger partial charge in [0.05, 0.1) is 11.3 Å². The highest BCUT2D eigenvalue weighted by Crippen LogP contribution is 2.36. The van der Waals surface area contributed by atoms with E-state index in [1.165, 1.54) is 0 Å². The predicted molar refractivity (Wildman–Crippen MR) is 106 cm³/mol. The van der Waals surface area contributed by atoms with Crippen LogP contribution in [0, 0.1) is 6.92 Å². The minimum atomic E-state index is 0.0349. The summed E-state index contributed by atoms with van der Waals surface area (Å²) >= 11 is 0. The Labute approximate surface area is 153 Å². The van der Waals surface area contributed by atoms with Gasteiger partial charge in [0.25, 0.3) is 0 Å². The van der Waals surface area contributed by atoms with Crippen LogP contribution in [0.2, 0.25) is 0 Å². The van der Waals surface area contributed by atoms with Crippen molar-refractivity contribution >= 4 is 5.78 Å². The Bertz CT molecular complexity index is 1030. The molecule has 0 amide bonds. The number of H-pyrrole nitrogens is 1. The van der Waals surface area contributed by atoms with Crippen LogP contribution in [0.15, 0.2) is 91.0 Å². The topological polar surface area (TPSA) is 32.9 Å². The monoisotopic (exact) mass is 337 g/mol. The smallest absolute Gasteiger partial charge is 0.195 e. The van der Waals surface area contributed by atoms with Crippen molar-refractivity contribution in [2.75, 3.05) is 0 Å². The van der Waals surface area contributed by atoms with E-state index < -0.39 is 0 Å². The first-order valence-electron chi connectivity index (χ1n) is 8.69. The van der Waals surface area contributed by atoms with Gasteiger partial charge < -0.3 is 4.98 Å². The number of aryl methyl sites for hydroxylation is 1. The van der Waals surface area contributed by atoms with Crippen molar-refractivity contribution in [2.24, 2.45) is 0 Å². The number of ketones is 1. The van der Waals surface area contributed by atoms with Crippen molar-refractivity contribution in [3.8, 4) is 22.4 Å². The molecular formula is C24H19NO. The maximum absolute atomic E-state index is 13.4. The predicted octanol–water partition coefficient (Wildman–Crippen LogP) is 5.89. The molecular weight excluding hydrogens is 318 g/mol. The zero-order chi connectivity index (χ0) is 17.9. The number of rotatable bonds is 4. The van der Waals surface area contributed by atoms with E-state index in [9.17, 15) is 4.79 Å². The molecule has 0 aliphatic heterocycles. The van der Waals surface area contributed by atoms with Crippen molar-refractivity contribution in [2.45, 2.75) is 6.92 Å². The first-order valence-corrected chi connectivity index (χ1v) is 8.69. The summed E-state index contributed by atoms with van der Waals surface area (Å²) in [4.78, 5) is 16.9. The molecule has 0 saturated carbocycles. The van der Waals surface area contributed by atoms with E-state index in [2.05, 4.69) is 4.98 Å². The molecule has 126 valence electrons. The maximum atomic E-state index is 13.4. The van der Waals surface area contributed by atoms with E-state index >= 15 is 0 Å². The van der Waals surface area contributed by atoms with Crippen LogP contribution >= 0.6 is 0 Å². The molecule has 4 aromatic rings. The molecule has 0 fully saturated rings. The Kier molecular flexibility index (Phi) is 4.24. The second-order valence-corrected chi connectivity index (χ2v) is 6.30. The van der Waals surface area contributed by atoms with Gasteiger partial charge >= 0.3 is 0 Å². The summed E-state index contributed by atoms with van der Waals surface area (Å²) in [6.07, 6.45) is 0. The van der Waals surface area contributed by atoms with E-state index in [0.717, 1.165) is 33.6 Å². The van der Waals surface area contributed by atoms with E-state index in [0.29, 0.717) is 5.56 Å². The number of aromatic nitrogens is 1. The van der Waals surface area contributed by atoms with Crippen LogP contribution in [-0.4, -0.2) is 10.8 Å². The van der Waals surface area contributed by atoms with Gasteiger partial charge in [-0.05, 0) is 18.1 Å². The fourth-order valence-electron chi connectivity index (χ4n) is 3.37. The van der Waals surface area contributed by atoms with Crippen molar-refractivity contribution in [3.63, 3.8) is 0 Å². The van der Waals surface area contributed by atoms with Crippen LogP contribution in [0.3, 0.4) is 0 Å². The van der Waals surface area contributed by atoms with Crippen molar-refractivity contribution in [1.29, 1.82) is 0 Å². The molecule has 0 aliphatic carbocycles. The lowest BCUT2D eigenvalue weighted by molar-refractivity contribution is 0.104. The Balaban J connectivity index is 1.98. The standard InChI is InChI=1S/C24H19NO/c1-17-21(18-11-5-2-6-12-18)22(24(26)20-15-9-4-10-16-20)23(25-17)19-13-7-3-8-14-19/h2-16,25H,1H3. The summed E-state index contributed by atoms with van der Waals surface area (Å²) in [6, 6.07) is 29.6. The van der Waals surface area contributed by atoms with Crippen LogP contribution in [0.1, 0.15) is 21.6 Å². The number of benzene rings is 3. The van der Waals surface area contributed by atoms with Gasteiger partial charge in [0.1, 0.15) is 0 Å². The number of carbonyl (C=O) groups excluding carboxylic acids is 1. The van der Waals surface area contributed by atoms with Gasteiger partial charge in [-0.2, -0.15) is 0 Å². The lowest BCUT2D eigenvalue weighted by Gasteiger charge is -2.08. The lowest BCUT2D eigenvalue weighted by Crippen LogP contribution is -2.03. The third-order valence-corrected chi connectivity index (χ3v) is 4.58. The van der Waals surface area contributed by atoms with Gasteiger partial charge in [0.2, 0.25) is 0 Å². The molecule has 26 heavy (non-hydrogen) atoms. The first kappa shape index (κ1) is 16.1. The number of nitrogens with one attached hydrogen (secondary N) is 1. The molecule has 1 heterocycles. The Morgan fingerprint density at radius 2 is 1.19 bits per heavy atom. The van der Waals surface area contributed by atoms with Crippen LogP contribution < -0.4 is 0 Å². The molecule has 0 unspecified atom stereocenters. The summed E-state index contributed by atoms with van der Waals surface area (Å²) in [5.74, 6) is 0.0349. The van der Waals surface area contributed by atoms with Gasteiger partial charge in [-0.15, -0.1) is 0 Å². The highest BCUT2D eigenvalue weighted by atomic mass is 16.1. The second-order valence-electron chi connectivity index (χ2n) is 6.30. The largest absolute Gasteiger partial charge is 0.357 e. The fourth-order valence-corrected chi connectivity index (χ4v) is 3.37. The summed E-state index contributed by atoms with van der Waals surface area (Å²) in [7, 11) is 0. The lowest BCUT2D eigenvalue weighted by atomic mass is 9.92. The molecule has 4 rings (SSSR count). The zero-order valence-electron chi connectivity index (χ0n) is 14.6. The third kappa shape index (κ3) is 2.86. The molecule has 2 heteroatoms. The summed E-state index contributed by atoms with van der Waals surface area (Å²) in [6.45, 7) is 2.02. The Morgan fingerprint density at radius 1 is 0.692 bits per heavy atom. The van der Waals surface area contributed by atoms with E-state index in [1.807, 2.05) is 97.9 Å². The molecule has 0 radical (unpaired) electrons. The van der Waals surface area contributed by atoms with Gasteiger partial charge in [-0.25, -0.2) is 0 Å². The zero-order valence-corrected chi connectivity index (χ0v) is 14.6. The number of hydrogen-bond donors (Lipinski definition) is 1. The molecule has 2 nitrogen and oxygen atoms in total. The minimum absolute atomic E-state index is 0.0349. The van der Waals surface area contributed by atoms with E-state index in [1.54, 1.807) is 0 Å². The van der Waals surface area contributed by atoms with Crippen molar-refractivity contribution in [1.82, 2.24) is 4.98 Å². The highest BCUT2D eigenvalue weighted by Gasteiger charge is 2.24. The van der Waals surface area contributed by atoms with Crippen LogP contribution in [0.25, 0.3) is 22.4 Å². The van der Waals surface area contributed by atoms with E-state index in [4.69, 9.17) is 0 Å². The van der Waals surface area contributed by atoms with Crippen LogP contribution in [-0.2, 0) is 0 Å². The first-order chi connectivity index (χ1) is 12.8. The number of hydrogen-bond acceptors (Lipinski definition) is 1. The fraction of sp³-hybridized carbons (Fsp3) is 0.0417. The minimum Gasteiger partial charge on any atom is -0.357 e. The summed E-state index contributed by atoms with van der Waals surface area (Å²) in [5.41, 5.74) is 6.31. The normalized spacial score (nSPS) is 10.7. The van der Waals surface area contributed by atoms with Gasteiger partial charge in [-0.3, -0.25) is 4.79 Å². The average Bonchev–Trinajstić information content (AvgIpc) is 3.06. The molecule has 0 bridgehead atoms. The third-order valence-electron chi connectivity index (χ3n) is 4.58. The Hall–Kier alpha value is -3.39. The molecule has 1 aromatic heterocycles. The van der Waals surface area contributed by atoms with Gasteiger partial charge in [0.15, 0.2) is 5.78 Å². The summed E-state index contributed by atoms with van der Waals surface area (Å²) in [5, 5.41) is 0. The average molecular weight is 337 g/mol. The Morgan fingerprint density at radius 3 is 1.77 bits per heavy atom. The van der Waals surface area contributed by atoms with Gasteiger partial charge in [0, 0.05) is 16.8 Å². The molecule has 0 aliphatic rings. The summed E-state index contributed by atoms with van der Waals surface area (Å²) < 4.78 is 0. The molecule has 0 atom stereocenters. The maximum Gasteiger partial charge on any atom is 0.195 e. The second kappa shape index (κ2) is 6.85.